The molecule has 5 nitrogen and oxygen atoms in total. The number of carbonyl (C=O) groups excluding carboxylic acids is 2. The highest BCUT2D eigenvalue weighted by Gasteiger charge is 2.28. The first-order valence-electron chi connectivity index (χ1n) is 9.45. The van der Waals surface area contributed by atoms with E-state index >= 15 is 0 Å². The first-order valence-corrected chi connectivity index (χ1v) is 9.45. The summed E-state index contributed by atoms with van der Waals surface area (Å²) in [6.07, 6.45) is 3.34. The summed E-state index contributed by atoms with van der Waals surface area (Å²) in [4.78, 5) is 26.8. The van der Waals surface area contributed by atoms with Gasteiger partial charge < -0.3 is 15.5 Å². The molecule has 1 aromatic carbocycles. The number of urea groups is 1. The molecule has 5 heteroatoms. The Bertz CT molecular complexity index is 553. The quantitative estimate of drug-likeness (QED) is 0.831. The van der Waals surface area contributed by atoms with Gasteiger partial charge in [-0.3, -0.25) is 4.79 Å². The molecule has 2 N–H and O–H groups in total. The summed E-state index contributed by atoms with van der Waals surface area (Å²) < 4.78 is 0. The molecule has 0 saturated carbocycles. The van der Waals surface area contributed by atoms with Crippen molar-refractivity contribution in [3.8, 4) is 0 Å². The van der Waals surface area contributed by atoms with Gasteiger partial charge in [0.2, 0.25) is 5.91 Å². The number of benzene rings is 1. The Morgan fingerprint density at radius 1 is 1.12 bits per heavy atom. The normalized spacial score (nSPS) is 17.6. The average molecular weight is 345 g/mol. The van der Waals surface area contributed by atoms with E-state index in [-0.39, 0.29) is 29.9 Å². The highest BCUT2D eigenvalue weighted by molar-refractivity contribution is 5.83. The first kappa shape index (κ1) is 19.3. The molecule has 0 bridgehead atoms. The second kappa shape index (κ2) is 9.44. The fourth-order valence-electron chi connectivity index (χ4n) is 3.26. The summed E-state index contributed by atoms with van der Waals surface area (Å²) in [6.45, 7) is 7.51. The Morgan fingerprint density at radius 2 is 1.76 bits per heavy atom. The summed E-state index contributed by atoms with van der Waals surface area (Å²) in [5.74, 6) is 0.135. The Labute approximate surface area is 151 Å². The van der Waals surface area contributed by atoms with Crippen LogP contribution >= 0.6 is 0 Å². The topological polar surface area (TPSA) is 61.4 Å². The third kappa shape index (κ3) is 5.48. The number of hydrogen-bond donors (Lipinski definition) is 2. The molecule has 2 atom stereocenters. The maximum absolute atomic E-state index is 12.9. The van der Waals surface area contributed by atoms with Crippen LogP contribution in [-0.2, 0) is 4.79 Å². The fourth-order valence-corrected chi connectivity index (χ4v) is 3.26. The number of carbonyl (C=O) groups is 2. The molecule has 1 aromatic rings. The maximum atomic E-state index is 12.9. The second-order valence-corrected chi connectivity index (χ2v) is 6.90. The summed E-state index contributed by atoms with van der Waals surface area (Å²) in [7, 11) is 0. The smallest absolute Gasteiger partial charge is 0.315 e. The fraction of sp³-hybridized carbons (Fsp3) is 0.600. The molecule has 1 aliphatic heterocycles. The van der Waals surface area contributed by atoms with Crippen molar-refractivity contribution in [2.24, 2.45) is 0 Å². The van der Waals surface area contributed by atoms with E-state index in [1.54, 1.807) is 0 Å². The predicted molar refractivity (Wildman–Crippen MR) is 100 cm³/mol. The van der Waals surface area contributed by atoms with E-state index in [1.165, 1.54) is 0 Å². The number of amides is 3. The van der Waals surface area contributed by atoms with Crippen LogP contribution in [0.2, 0.25) is 0 Å². The molecule has 0 radical (unpaired) electrons. The standard InChI is InChI=1S/C20H31N3O2/c1-4-15(3)21-20(25)22-17-11-13-23(14-12-17)19(24)18(5-2)16-9-7-6-8-10-16/h6-10,15,17-18H,4-5,11-14H2,1-3H3,(H2,21,22,25). The van der Waals surface area contributed by atoms with Crippen LogP contribution in [-0.4, -0.2) is 42.0 Å². The van der Waals surface area contributed by atoms with Crippen LogP contribution in [0.4, 0.5) is 4.79 Å². The zero-order valence-corrected chi connectivity index (χ0v) is 15.6. The Morgan fingerprint density at radius 3 is 2.32 bits per heavy atom. The molecule has 2 unspecified atom stereocenters. The third-order valence-electron chi connectivity index (χ3n) is 5.04. The van der Waals surface area contributed by atoms with Gasteiger partial charge in [0.05, 0.1) is 5.92 Å². The van der Waals surface area contributed by atoms with Crippen molar-refractivity contribution in [2.45, 2.75) is 64.5 Å². The van der Waals surface area contributed by atoms with Gasteiger partial charge >= 0.3 is 6.03 Å². The SMILES string of the molecule is CCC(C)NC(=O)NC1CCN(C(=O)C(CC)c2ccccc2)CC1. The molecule has 0 spiro atoms. The summed E-state index contributed by atoms with van der Waals surface area (Å²) in [6, 6.07) is 10.2. The van der Waals surface area contributed by atoms with Crippen molar-refractivity contribution in [1.29, 1.82) is 0 Å². The van der Waals surface area contributed by atoms with Gasteiger partial charge in [0, 0.05) is 25.2 Å². The number of piperidine rings is 1. The van der Waals surface area contributed by atoms with E-state index < -0.39 is 0 Å². The van der Waals surface area contributed by atoms with Gasteiger partial charge in [-0.1, -0.05) is 44.2 Å². The van der Waals surface area contributed by atoms with Crippen molar-refractivity contribution in [3.63, 3.8) is 0 Å². The summed E-state index contributed by atoms with van der Waals surface area (Å²) in [5.41, 5.74) is 1.09. The van der Waals surface area contributed by atoms with Crippen molar-refractivity contribution in [3.05, 3.63) is 35.9 Å². The average Bonchev–Trinajstić information content (AvgIpc) is 2.63. The largest absolute Gasteiger partial charge is 0.342 e. The van der Waals surface area contributed by atoms with Crippen LogP contribution in [0.15, 0.2) is 30.3 Å². The van der Waals surface area contributed by atoms with Crippen LogP contribution < -0.4 is 10.6 Å². The molecule has 25 heavy (non-hydrogen) atoms. The van der Waals surface area contributed by atoms with Crippen LogP contribution in [0.5, 0.6) is 0 Å². The minimum Gasteiger partial charge on any atom is -0.342 e. The lowest BCUT2D eigenvalue weighted by Crippen LogP contribution is -2.51. The van der Waals surface area contributed by atoms with Crippen molar-refractivity contribution < 1.29 is 9.59 Å². The van der Waals surface area contributed by atoms with E-state index in [1.807, 2.05) is 49.1 Å². The van der Waals surface area contributed by atoms with Gasteiger partial charge in [0.15, 0.2) is 0 Å². The lowest BCUT2D eigenvalue weighted by Gasteiger charge is -2.34. The molecule has 138 valence electrons. The molecular weight excluding hydrogens is 314 g/mol. The van der Waals surface area contributed by atoms with Crippen LogP contribution in [0.25, 0.3) is 0 Å². The zero-order valence-electron chi connectivity index (χ0n) is 15.6. The first-order chi connectivity index (χ1) is 12.0. The Hall–Kier alpha value is -2.04. The number of hydrogen-bond acceptors (Lipinski definition) is 2. The molecular formula is C20H31N3O2. The van der Waals surface area contributed by atoms with E-state index in [9.17, 15) is 9.59 Å². The Balaban J connectivity index is 1.84. The molecule has 1 aliphatic rings. The summed E-state index contributed by atoms with van der Waals surface area (Å²) >= 11 is 0. The molecule has 3 amide bonds. The second-order valence-electron chi connectivity index (χ2n) is 6.90. The van der Waals surface area contributed by atoms with E-state index in [0.29, 0.717) is 13.1 Å². The van der Waals surface area contributed by atoms with Gasteiger partial charge in [0.1, 0.15) is 0 Å². The third-order valence-corrected chi connectivity index (χ3v) is 5.04. The van der Waals surface area contributed by atoms with Crippen molar-refractivity contribution >= 4 is 11.9 Å². The van der Waals surface area contributed by atoms with Gasteiger partial charge in [-0.25, -0.2) is 4.79 Å². The molecule has 0 aromatic heterocycles. The number of rotatable bonds is 6. The molecule has 0 aliphatic carbocycles. The molecule has 1 saturated heterocycles. The van der Waals surface area contributed by atoms with Gasteiger partial charge in [-0.05, 0) is 38.2 Å². The Kier molecular flexibility index (Phi) is 7.29. The lowest BCUT2D eigenvalue weighted by atomic mass is 9.93. The molecule has 1 heterocycles. The zero-order chi connectivity index (χ0) is 18.2. The molecule has 1 fully saturated rings. The lowest BCUT2D eigenvalue weighted by molar-refractivity contribution is -0.134. The highest BCUT2D eigenvalue weighted by atomic mass is 16.2. The minimum atomic E-state index is -0.102. The monoisotopic (exact) mass is 345 g/mol. The number of nitrogens with one attached hydrogen (secondary N) is 2. The van der Waals surface area contributed by atoms with Crippen LogP contribution in [0.1, 0.15) is 57.9 Å². The number of nitrogens with zero attached hydrogens (tertiary/aromatic N) is 1. The van der Waals surface area contributed by atoms with E-state index in [4.69, 9.17) is 0 Å². The van der Waals surface area contributed by atoms with E-state index in [2.05, 4.69) is 17.6 Å². The van der Waals surface area contributed by atoms with Gasteiger partial charge in [-0.2, -0.15) is 0 Å². The minimum absolute atomic E-state index is 0.0700. The van der Waals surface area contributed by atoms with Crippen LogP contribution in [0.3, 0.4) is 0 Å². The summed E-state index contributed by atoms with van der Waals surface area (Å²) in [5, 5.41) is 5.96. The predicted octanol–water partition coefficient (Wildman–Crippen LogP) is 3.27. The maximum Gasteiger partial charge on any atom is 0.315 e. The molecule has 2 rings (SSSR count). The van der Waals surface area contributed by atoms with Crippen molar-refractivity contribution in [2.75, 3.05) is 13.1 Å². The van der Waals surface area contributed by atoms with Gasteiger partial charge in [-0.15, -0.1) is 0 Å². The van der Waals surface area contributed by atoms with E-state index in [0.717, 1.165) is 31.2 Å². The number of likely N-dealkylation sites (tertiary alicyclic amines) is 1. The van der Waals surface area contributed by atoms with Crippen molar-refractivity contribution in [1.82, 2.24) is 15.5 Å². The van der Waals surface area contributed by atoms with Crippen LogP contribution in [0, 0.1) is 0 Å². The van der Waals surface area contributed by atoms with Gasteiger partial charge in [0.25, 0.3) is 0 Å². The highest BCUT2D eigenvalue weighted by Crippen LogP contribution is 2.24.